The first-order valence-electron chi connectivity index (χ1n) is 3.81. The van der Waals surface area contributed by atoms with E-state index in [0.29, 0.717) is 0 Å². The number of nitrogens with zero attached hydrogens (tertiary/aromatic N) is 3. The van der Waals surface area contributed by atoms with Gasteiger partial charge >= 0.3 is 0 Å². The van der Waals surface area contributed by atoms with Crippen LogP contribution in [-0.2, 0) is 0 Å². The van der Waals surface area contributed by atoms with Gasteiger partial charge in [0.2, 0.25) is 0 Å². The van der Waals surface area contributed by atoms with Crippen LogP contribution in [0.5, 0.6) is 0 Å². The Morgan fingerprint density at radius 1 is 0.846 bits per heavy atom. The summed E-state index contributed by atoms with van der Waals surface area (Å²) < 4.78 is 0. The first-order valence-corrected chi connectivity index (χ1v) is 3.81. The molecule has 0 fully saturated rings. The standard InChI is InChI=1S/C6H6N.C4H4N2/c1-6-2-4-7-5-3-6;1-2-5-4-6-3-1/h2-5H,1H2;1-4H. The molecule has 0 atom stereocenters. The SMILES string of the molecule is [CH2]c1ccncc1.c1cncnc1. The van der Waals surface area contributed by atoms with Crippen LogP contribution in [0.4, 0.5) is 0 Å². The Bertz CT molecular complexity index is 281. The summed E-state index contributed by atoms with van der Waals surface area (Å²) in [5.74, 6) is 0. The predicted octanol–water partition coefficient (Wildman–Crippen LogP) is 1.74. The average Bonchev–Trinajstić information content (AvgIpc) is 2.22. The molecule has 0 aliphatic heterocycles. The first kappa shape index (κ1) is 9.32. The molecule has 0 aliphatic carbocycles. The second-order valence-electron chi connectivity index (χ2n) is 2.26. The van der Waals surface area contributed by atoms with E-state index in [0.717, 1.165) is 5.56 Å². The van der Waals surface area contributed by atoms with Gasteiger partial charge in [-0.15, -0.1) is 0 Å². The molecule has 3 nitrogen and oxygen atoms in total. The van der Waals surface area contributed by atoms with Crippen molar-refractivity contribution in [1.29, 1.82) is 0 Å². The number of pyridine rings is 1. The summed E-state index contributed by atoms with van der Waals surface area (Å²) in [6, 6.07) is 5.50. The van der Waals surface area contributed by atoms with Crippen LogP contribution < -0.4 is 0 Å². The largest absolute Gasteiger partial charge is 0.265 e. The normalized spacial score (nSPS) is 8.38. The molecule has 0 N–H and O–H groups in total. The third-order valence-electron chi connectivity index (χ3n) is 1.23. The minimum absolute atomic E-state index is 1.01. The maximum absolute atomic E-state index is 3.81. The van der Waals surface area contributed by atoms with Crippen LogP contribution >= 0.6 is 0 Å². The van der Waals surface area contributed by atoms with Gasteiger partial charge in [-0.3, -0.25) is 4.98 Å². The molecule has 0 aliphatic rings. The monoisotopic (exact) mass is 172 g/mol. The molecule has 1 radical (unpaired) electrons. The molecule has 0 aromatic carbocycles. The highest BCUT2D eigenvalue weighted by molar-refractivity contribution is 5.11. The van der Waals surface area contributed by atoms with Gasteiger partial charge in [-0.05, 0) is 30.7 Å². The Labute approximate surface area is 77.5 Å². The first-order chi connectivity index (χ1) is 6.39. The van der Waals surface area contributed by atoms with E-state index >= 15 is 0 Å². The van der Waals surface area contributed by atoms with Gasteiger partial charge in [0.05, 0.1) is 0 Å². The molecule has 13 heavy (non-hydrogen) atoms. The lowest BCUT2D eigenvalue weighted by molar-refractivity contribution is 1.17. The highest BCUT2D eigenvalue weighted by Gasteiger charge is 1.73. The quantitative estimate of drug-likeness (QED) is 0.607. The van der Waals surface area contributed by atoms with Gasteiger partial charge in [-0.1, -0.05) is 0 Å². The zero-order valence-electron chi connectivity index (χ0n) is 7.17. The lowest BCUT2D eigenvalue weighted by Crippen LogP contribution is -1.68. The van der Waals surface area contributed by atoms with Crippen LogP contribution in [0.3, 0.4) is 0 Å². The van der Waals surface area contributed by atoms with E-state index in [9.17, 15) is 0 Å². The van der Waals surface area contributed by atoms with Crippen molar-refractivity contribution in [3.8, 4) is 0 Å². The summed E-state index contributed by atoms with van der Waals surface area (Å²) in [7, 11) is 0. The molecule has 3 heteroatoms. The van der Waals surface area contributed by atoms with E-state index in [4.69, 9.17) is 0 Å². The molecule has 0 spiro atoms. The second kappa shape index (κ2) is 5.83. The van der Waals surface area contributed by atoms with Crippen molar-refractivity contribution in [2.45, 2.75) is 0 Å². The van der Waals surface area contributed by atoms with Crippen LogP contribution in [0, 0.1) is 6.92 Å². The van der Waals surface area contributed by atoms with Crippen LogP contribution in [0.2, 0.25) is 0 Å². The number of aromatic nitrogens is 3. The van der Waals surface area contributed by atoms with Gasteiger partial charge in [0.1, 0.15) is 6.33 Å². The van der Waals surface area contributed by atoms with Crippen LogP contribution in [0.15, 0.2) is 49.3 Å². The third kappa shape index (κ3) is 4.63. The molecule has 2 rings (SSSR count). The van der Waals surface area contributed by atoms with E-state index in [2.05, 4.69) is 21.9 Å². The van der Waals surface area contributed by atoms with E-state index in [1.165, 1.54) is 6.33 Å². The minimum Gasteiger partial charge on any atom is -0.265 e. The molecule has 0 amide bonds. The van der Waals surface area contributed by atoms with E-state index in [1.54, 1.807) is 30.9 Å². The highest BCUT2D eigenvalue weighted by atomic mass is 14.8. The molecule has 2 heterocycles. The zero-order chi connectivity index (χ0) is 9.36. The Morgan fingerprint density at radius 2 is 1.46 bits per heavy atom. The van der Waals surface area contributed by atoms with Crippen molar-refractivity contribution in [2.75, 3.05) is 0 Å². The fourth-order valence-corrected chi connectivity index (χ4v) is 0.636. The summed E-state index contributed by atoms with van der Waals surface area (Å²) in [4.78, 5) is 11.2. The molecule has 0 bridgehead atoms. The molecular weight excluding hydrogens is 162 g/mol. The summed E-state index contributed by atoms with van der Waals surface area (Å²) >= 11 is 0. The molecule has 65 valence electrons. The van der Waals surface area contributed by atoms with E-state index in [-0.39, 0.29) is 0 Å². The highest BCUT2D eigenvalue weighted by Crippen LogP contribution is 1.88. The van der Waals surface area contributed by atoms with Gasteiger partial charge in [0, 0.05) is 24.8 Å². The summed E-state index contributed by atoms with van der Waals surface area (Å²) in [5.41, 5.74) is 1.01. The minimum atomic E-state index is 1.01. The molecule has 0 saturated heterocycles. The van der Waals surface area contributed by atoms with Gasteiger partial charge < -0.3 is 0 Å². The van der Waals surface area contributed by atoms with E-state index < -0.39 is 0 Å². The fraction of sp³-hybridized carbons (Fsp3) is 0. The van der Waals surface area contributed by atoms with Gasteiger partial charge in [0.15, 0.2) is 0 Å². The molecule has 0 unspecified atom stereocenters. The van der Waals surface area contributed by atoms with Crippen molar-refractivity contribution in [2.24, 2.45) is 0 Å². The summed E-state index contributed by atoms with van der Waals surface area (Å²) in [6.07, 6.45) is 8.32. The van der Waals surface area contributed by atoms with Crippen LogP contribution in [-0.4, -0.2) is 15.0 Å². The Balaban J connectivity index is 0.000000132. The summed E-state index contributed by atoms with van der Waals surface area (Å²) in [5, 5.41) is 0. The Morgan fingerprint density at radius 3 is 1.69 bits per heavy atom. The lowest BCUT2D eigenvalue weighted by atomic mass is 10.3. The lowest BCUT2D eigenvalue weighted by Gasteiger charge is -1.82. The van der Waals surface area contributed by atoms with E-state index in [1.807, 2.05) is 12.1 Å². The smallest absolute Gasteiger partial charge is 0.115 e. The van der Waals surface area contributed by atoms with Crippen molar-refractivity contribution < 1.29 is 0 Å². The zero-order valence-corrected chi connectivity index (χ0v) is 7.17. The Hall–Kier alpha value is -1.77. The molecule has 2 aromatic heterocycles. The van der Waals surface area contributed by atoms with Gasteiger partial charge in [0.25, 0.3) is 0 Å². The summed E-state index contributed by atoms with van der Waals surface area (Å²) in [6.45, 7) is 3.68. The molecule has 0 saturated carbocycles. The number of rotatable bonds is 0. The van der Waals surface area contributed by atoms with Gasteiger partial charge in [-0.2, -0.15) is 0 Å². The predicted molar refractivity (Wildman–Crippen MR) is 50.7 cm³/mol. The maximum atomic E-state index is 3.81. The topological polar surface area (TPSA) is 38.7 Å². The van der Waals surface area contributed by atoms with Crippen molar-refractivity contribution in [3.63, 3.8) is 0 Å². The van der Waals surface area contributed by atoms with Crippen molar-refractivity contribution in [1.82, 2.24) is 15.0 Å². The number of hydrogen-bond donors (Lipinski definition) is 0. The maximum Gasteiger partial charge on any atom is 0.115 e. The van der Waals surface area contributed by atoms with Gasteiger partial charge in [-0.25, -0.2) is 9.97 Å². The van der Waals surface area contributed by atoms with Crippen LogP contribution in [0.25, 0.3) is 0 Å². The van der Waals surface area contributed by atoms with Crippen LogP contribution in [0.1, 0.15) is 5.56 Å². The molecular formula is C10H10N3. The van der Waals surface area contributed by atoms with Crippen molar-refractivity contribution >= 4 is 0 Å². The second-order valence-corrected chi connectivity index (χ2v) is 2.26. The number of hydrogen-bond acceptors (Lipinski definition) is 3. The fourth-order valence-electron chi connectivity index (χ4n) is 0.636. The third-order valence-corrected chi connectivity index (χ3v) is 1.23. The average molecular weight is 172 g/mol. The molecule has 2 aromatic rings. The van der Waals surface area contributed by atoms with Crippen molar-refractivity contribution in [3.05, 3.63) is 61.8 Å². The Kier molecular flexibility index (Phi) is 4.18.